The first-order valence-corrected chi connectivity index (χ1v) is 6.16. The number of pyridine rings is 1. The van der Waals surface area contributed by atoms with E-state index in [-0.39, 0.29) is 0 Å². The summed E-state index contributed by atoms with van der Waals surface area (Å²) in [5, 5.41) is 3.24. The van der Waals surface area contributed by atoms with Crippen LogP contribution in [0.3, 0.4) is 0 Å². The average molecular weight is 241 g/mol. The molecule has 0 saturated heterocycles. The number of nitrogens with two attached hydrogens (primary N) is 1. The quantitative estimate of drug-likeness (QED) is 0.858. The van der Waals surface area contributed by atoms with Crippen LogP contribution in [0.5, 0.6) is 0 Å². The van der Waals surface area contributed by atoms with Gasteiger partial charge in [-0.3, -0.25) is 0 Å². The summed E-state index contributed by atoms with van der Waals surface area (Å²) in [7, 11) is 0. The molecule has 0 amide bonds. The molecule has 18 heavy (non-hydrogen) atoms. The summed E-state index contributed by atoms with van der Waals surface area (Å²) in [4.78, 5) is 4.39. The van der Waals surface area contributed by atoms with Crippen LogP contribution in [0.1, 0.15) is 31.0 Å². The Labute approximate surface area is 108 Å². The highest BCUT2D eigenvalue weighted by Crippen LogP contribution is 2.23. The number of benzene rings is 1. The fourth-order valence-electron chi connectivity index (χ4n) is 1.76. The van der Waals surface area contributed by atoms with Crippen molar-refractivity contribution in [3.05, 3.63) is 47.7 Å². The number of rotatable bonds is 3. The van der Waals surface area contributed by atoms with Gasteiger partial charge in [0.15, 0.2) is 5.82 Å². The lowest BCUT2D eigenvalue weighted by Gasteiger charge is -2.10. The molecular formula is C15H19N3. The predicted molar refractivity (Wildman–Crippen MR) is 77.2 cm³/mol. The van der Waals surface area contributed by atoms with Crippen LogP contribution in [-0.2, 0) is 0 Å². The number of nitrogen functional groups attached to an aromatic ring is 1. The van der Waals surface area contributed by atoms with Crippen molar-refractivity contribution in [1.82, 2.24) is 4.98 Å². The maximum Gasteiger partial charge on any atom is 0.153 e. The van der Waals surface area contributed by atoms with Gasteiger partial charge in [-0.05, 0) is 42.7 Å². The van der Waals surface area contributed by atoms with Gasteiger partial charge >= 0.3 is 0 Å². The van der Waals surface area contributed by atoms with Gasteiger partial charge in [0.25, 0.3) is 0 Å². The van der Waals surface area contributed by atoms with E-state index in [1.54, 1.807) is 0 Å². The fourth-order valence-corrected chi connectivity index (χ4v) is 1.76. The highest BCUT2D eigenvalue weighted by molar-refractivity contribution is 5.68. The molecule has 0 bridgehead atoms. The van der Waals surface area contributed by atoms with Crippen molar-refractivity contribution in [1.29, 1.82) is 0 Å². The highest BCUT2D eigenvalue weighted by atomic mass is 15.0. The topological polar surface area (TPSA) is 50.9 Å². The van der Waals surface area contributed by atoms with E-state index in [1.807, 2.05) is 19.1 Å². The number of hydrogen-bond acceptors (Lipinski definition) is 3. The second-order valence-electron chi connectivity index (χ2n) is 4.79. The molecule has 0 fully saturated rings. The van der Waals surface area contributed by atoms with Crippen LogP contribution in [-0.4, -0.2) is 4.98 Å². The maximum atomic E-state index is 5.89. The van der Waals surface area contributed by atoms with E-state index < -0.39 is 0 Å². The third-order valence-corrected chi connectivity index (χ3v) is 2.91. The lowest BCUT2D eigenvalue weighted by Crippen LogP contribution is -2.00. The molecule has 2 rings (SSSR count). The second-order valence-corrected chi connectivity index (χ2v) is 4.79. The lowest BCUT2D eigenvalue weighted by atomic mass is 10.0. The summed E-state index contributed by atoms with van der Waals surface area (Å²) in [5.74, 6) is 1.26. The molecular weight excluding hydrogens is 222 g/mol. The van der Waals surface area contributed by atoms with Gasteiger partial charge < -0.3 is 11.1 Å². The Morgan fingerprint density at radius 1 is 1.06 bits per heavy atom. The molecule has 0 spiro atoms. The number of anilines is 3. The Kier molecular flexibility index (Phi) is 3.51. The van der Waals surface area contributed by atoms with Crippen LogP contribution in [0, 0.1) is 6.92 Å². The Morgan fingerprint density at radius 2 is 1.72 bits per heavy atom. The molecule has 3 heteroatoms. The van der Waals surface area contributed by atoms with Gasteiger partial charge in [-0.2, -0.15) is 0 Å². The molecule has 2 aromatic rings. The Balaban J connectivity index is 2.21. The number of hydrogen-bond donors (Lipinski definition) is 2. The summed E-state index contributed by atoms with van der Waals surface area (Å²) in [6.45, 7) is 6.32. The molecule has 0 aliphatic carbocycles. The highest BCUT2D eigenvalue weighted by Gasteiger charge is 2.03. The minimum atomic E-state index is 0.543. The smallest absolute Gasteiger partial charge is 0.153 e. The summed E-state index contributed by atoms with van der Waals surface area (Å²) in [6, 6.07) is 12.1. The van der Waals surface area contributed by atoms with Crippen LogP contribution in [0.25, 0.3) is 0 Å². The van der Waals surface area contributed by atoms with Gasteiger partial charge in [0.2, 0.25) is 0 Å². The van der Waals surface area contributed by atoms with Crippen molar-refractivity contribution in [2.45, 2.75) is 26.7 Å². The molecule has 0 saturated carbocycles. The minimum absolute atomic E-state index is 0.543. The summed E-state index contributed by atoms with van der Waals surface area (Å²) in [6.07, 6.45) is 0. The van der Waals surface area contributed by atoms with Crippen LogP contribution in [0.15, 0.2) is 36.4 Å². The molecule has 0 aliphatic heterocycles. The van der Waals surface area contributed by atoms with Gasteiger partial charge in [0, 0.05) is 11.4 Å². The molecule has 3 N–H and O–H groups in total. The SMILES string of the molecule is Cc1ccc(N)c(Nc2ccc(C(C)C)cc2)n1. The Hall–Kier alpha value is -2.03. The molecule has 1 heterocycles. The Morgan fingerprint density at radius 3 is 2.33 bits per heavy atom. The molecule has 0 radical (unpaired) electrons. The zero-order chi connectivity index (χ0) is 13.1. The molecule has 3 nitrogen and oxygen atoms in total. The average Bonchev–Trinajstić information content (AvgIpc) is 2.34. The first kappa shape index (κ1) is 12.4. The van der Waals surface area contributed by atoms with E-state index in [2.05, 4.69) is 48.4 Å². The first-order valence-electron chi connectivity index (χ1n) is 6.16. The summed E-state index contributed by atoms with van der Waals surface area (Å²) >= 11 is 0. The molecule has 1 aromatic carbocycles. The fraction of sp³-hybridized carbons (Fsp3) is 0.267. The van der Waals surface area contributed by atoms with Gasteiger partial charge in [-0.1, -0.05) is 26.0 Å². The largest absolute Gasteiger partial charge is 0.396 e. The minimum Gasteiger partial charge on any atom is -0.396 e. The van der Waals surface area contributed by atoms with E-state index in [9.17, 15) is 0 Å². The van der Waals surface area contributed by atoms with E-state index in [4.69, 9.17) is 5.73 Å². The van der Waals surface area contributed by atoms with Crippen molar-refractivity contribution in [2.24, 2.45) is 0 Å². The molecule has 1 aromatic heterocycles. The zero-order valence-corrected chi connectivity index (χ0v) is 11.1. The molecule has 0 atom stereocenters. The van der Waals surface area contributed by atoms with Crippen molar-refractivity contribution < 1.29 is 0 Å². The van der Waals surface area contributed by atoms with Crippen molar-refractivity contribution >= 4 is 17.2 Å². The molecule has 0 aliphatic rings. The number of nitrogens with zero attached hydrogens (tertiary/aromatic N) is 1. The van der Waals surface area contributed by atoms with Crippen LogP contribution in [0.2, 0.25) is 0 Å². The monoisotopic (exact) mass is 241 g/mol. The first-order chi connectivity index (χ1) is 8.56. The summed E-state index contributed by atoms with van der Waals surface area (Å²) in [5.41, 5.74) is 9.83. The normalized spacial score (nSPS) is 10.7. The van der Waals surface area contributed by atoms with E-state index >= 15 is 0 Å². The Bertz CT molecular complexity index is 530. The van der Waals surface area contributed by atoms with Crippen molar-refractivity contribution in [3.8, 4) is 0 Å². The number of nitrogens with one attached hydrogen (secondary N) is 1. The van der Waals surface area contributed by atoms with Crippen LogP contribution >= 0.6 is 0 Å². The molecule has 94 valence electrons. The van der Waals surface area contributed by atoms with Gasteiger partial charge in [-0.15, -0.1) is 0 Å². The van der Waals surface area contributed by atoms with Gasteiger partial charge in [0.1, 0.15) is 0 Å². The van der Waals surface area contributed by atoms with Crippen LogP contribution < -0.4 is 11.1 Å². The maximum absolute atomic E-state index is 5.89. The summed E-state index contributed by atoms with van der Waals surface area (Å²) < 4.78 is 0. The second kappa shape index (κ2) is 5.08. The number of aryl methyl sites for hydroxylation is 1. The number of aromatic nitrogens is 1. The third kappa shape index (κ3) is 2.80. The zero-order valence-electron chi connectivity index (χ0n) is 11.1. The molecule has 0 unspecified atom stereocenters. The standard InChI is InChI=1S/C15H19N3/c1-10(2)12-5-7-13(8-6-12)18-15-14(16)9-4-11(3)17-15/h4-10H,16H2,1-3H3,(H,17,18). The van der Waals surface area contributed by atoms with E-state index in [0.29, 0.717) is 17.4 Å². The van der Waals surface area contributed by atoms with Crippen molar-refractivity contribution in [3.63, 3.8) is 0 Å². The van der Waals surface area contributed by atoms with Gasteiger partial charge in [-0.25, -0.2) is 4.98 Å². The predicted octanol–water partition coefficient (Wildman–Crippen LogP) is 3.84. The van der Waals surface area contributed by atoms with E-state index in [0.717, 1.165) is 11.4 Å². The lowest BCUT2D eigenvalue weighted by molar-refractivity contribution is 0.867. The van der Waals surface area contributed by atoms with Crippen LogP contribution in [0.4, 0.5) is 17.2 Å². The van der Waals surface area contributed by atoms with Gasteiger partial charge in [0.05, 0.1) is 5.69 Å². The van der Waals surface area contributed by atoms with E-state index in [1.165, 1.54) is 5.56 Å². The third-order valence-electron chi connectivity index (χ3n) is 2.91. The van der Waals surface area contributed by atoms with Crippen molar-refractivity contribution in [2.75, 3.05) is 11.1 Å².